The molecule has 2 aliphatic heterocycles. The molecule has 3 fully saturated rings. The highest BCUT2D eigenvalue weighted by Gasteiger charge is 2.50. The number of piperidine rings is 2. The van der Waals surface area contributed by atoms with Crippen LogP contribution in [0.5, 0.6) is 0 Å². The molecule has 0 amide bonds. The molecule has 2 bridgehead atoms. The summed E-state index contributed by atoms with van der Waals surface area (Å²) in [5, 5.41) is 1.32. The van der Waals surface area contributed by atoms with Crippen molar-refractivity contribution >= 4 is 16.5 Å². The fourth-order valence-electron chi connectivity index (χ4n) is 3.03. The van der Waals surface area contributed by atoms with Crippen molar-refractivity contribution in [2.75, 3.05) is 18.0 Å². The van der Waals surface area contributed by atoms with Crippen molar-refractivity contribution in [2.45, 2.75) is 19.9 Å². The van der Waals surface area contributed by atoms with E-state index in [9.17, 15) is 0 Å². The van der Waals surface area contributed by atoms with E-state index in [0.29, 0.717) is 17.9 Å². The number of nitrogens with zero attached hydrogens (tertiary/aromatic N) is 2. The van der Waals surface area contributed by atoms with Gasteiger partial charge in [0.05, 0.1) is 5.69 Å². The summed E-state index contributed by atoms with van der Waals surface area (Å²) in [6.07, 6.45) is 0. The monoisotopic (exact) mass is 223 g/mol. The molecule has 3 heterocycles. The van der Waals surface area contributed by atoms with Gasteiger partial charge < -0.3 is 10.6 Å². The van der Waals surface area contributed by atoms with Crippen molar-refractivity contribution in [2.24, 2.45) is 23.5 Å². The second-order valence-electron chi connectivity index (χ2n) is 4.98. The Hall–Kier alpha value is -0.610. The van der Waals surface area contributed by atoms with Crippen LogP contribution in [0.25, 0.3) is 0 Å². The predicted molar refractivity (Wildman–Crippen MR) is 63.2 cm³/mol. The van der Waals surface area contributed by atoms with E-state index in [-0.39, 0.29) is 0 Å². The van der Waals surface area contributed by atoms with Gasteiger partial charge in [0.1, 0.15) is 5.00 Å². The summed E-state index contributed by atoms with van der Waals surface area (Å²) in [5.41, 5.74) is 7.26. The van der Waals surface area contributed by atoms with Gasteiger partial charge in [-0.3, -0.25) is 0 Å². The van der Waals surface area contributed by atoms with E-state index in [4.69, 9.17) is 5.73 Å². The highest BCUT2D eigenvalue weighted by atomic mass is 32.1. The average molecular weight is 223 g/mol. The number of aromatic nitrogens is 1. The van der Waals surface area contributed by atoms with Crippen LogP contribution in [0.1, 0.15) is 12.6 Å². The van der Waals surface area contributed by atoms with Gasteiger partial charge in [0, 0.05) is 19.1 Å². The Labute approximate surface area is 94.4 Å². The second-order valence-corrected chi connectivity index (χ2v) is 5.76. The van der Waals surface area contributed by atoms with E-state index in [1.54, 1.807) is 11.5 Å². The molecule has 3 nitrogen and oxygen atoms in total. The van der Waals surface area contributed by atoms with Gasteiger partial charge in [-0.15, -0.1) is 0 Å². The molecule has 15 heavy (non-hydrogen) atoms. The van der Waals surface area contributed by atoms with Crippen LogP contribution in [0.3, 0.4) is 0 Å². The molecular formula is C11H17N3S. The summed E-state index contributed by atoms with van der Waals surface area (Å²) in [5.74, 6) is 2.22. The minimum atomic E-state index is 0.449. The van der Waals surface area contributed by atoms with Crippen LogP contribution in [0.4, 0.5) is 5.00 Å². The van der Waals surface area contributed by atoms with E-state index in [0.717, 1.165) is 24.7 Å². The van der Waals surface area contributed by atoms with Gasteiger partial charge in [0.2, 0.25) is 0 Å². The van der Waals surface area contributed by atoms with Gasteiger partial charge in [0.25, 0.3) is 0 Å². The highest BCUT2D eigenvalue weighted by Crippen LogP contribution is 2.45. The number of nitrogens with two attached hydrogens (primary N) is 1. The fourth-order valence-corrected chi connectivity index (χ4v) is 3.81. The maximum Gasteiger partial charge on any atom is 0.112 e. The molecule has 0 aromatic carbocycles. The Morgan fingerprint density at radius 2 is 2.13 bits per heavy atom. The standard InChI is InChI=1S/C11H17N3S/c1-6-3-10(15-13-6)14-4-8-7(2)9(5-14)11(8)12/h3,7-9,11H,4-5,12H2,1-2H3/t7?,8-,9+,11?. The Kier molecular flexibility index (Phi) is 2.04. The Balaban J connectivity index is 1.77. The van der Waals surface area contributed by atoms with Crippen LogP contribution in [0.2, 0.25) is 0 Å². The van der Waals surface area contributed by atoms with Crippen molar-refractivity contribution in [3.8, 4) is 0 Å². The second kappa shape index (κ2) is 3.19. The maximum atomic E-state index is 6.13. The zero-order valence-electron chi connectivity index (χ0n) is 9.18. The first kappa shape index (κ1) is 9.60. The van der Waals surface area contributed by atoms with Crippen LogP contribution in [0, 0.1) is 24.7 Å². The van der Waals surface area contributed by atoms with E-state index >= 15 is 0 Å². The number of rotatable bonds is 1. The minimum absolute atomic E-state index is 0.449. The minimum Gasteiger partial charge on any atom is -0.361 e. The van der Waals surface area contributed by atoms with E-state index in [1.165, 1.54) is 5.00 Å². The third-order valence-corrected chi connectivity index (χ3v) is 5.07. The van der Waals surface area contributed by atoms with Crippen molar-refractivity contribution in [1.29, 1.82) is 0 Å². The first-order chi connectivity index (χ1) is 7.16. The molecule has 4 atom stereocenters. The summed E-state index contributed by atoms with van der Waals surface area (Å²) in [6, 6.07) is 2.64. The molecular weight excluding hydrogens is 206 g/mol. The predicted octanol–water partition coefficient (Wildman–Crippen LogP) is 1.48. The zero-order valence-corrected chi connectivity index (χ0v) is 10.00. The zero-order chi connectivity index (χ0) is 10.6. The molecule has 0 radical (unpaired) electrons. The summed E-state index contributed by atoms with van der Waals surface area (Å²) in [6.45, 7) is 6.65. The number of aryl methyl sites for hydroxylation is 1. The van der Waals surface area contributed by atoms with E-state index in [1.807, 2.05) is 0 Å². The molecule has 1 saturated carbocycles. The third-order valence-electron chi connectivity index (χ3n) is 4.13. The number of anilines is 1. The maximum absolute atomic E-state index is 6.13. The highest BCUT2D eigenvalue weighted by molar-refractivity contribution is 7.10. The van der Waals surface area contributed by atoms with Crippen molar-refractivity contribution in [1.82, 2.24) is 4.37 Å². The third kappa shape index (κ3) is 1.31. The molecule has 3 aliphatic rings. The molecule has 2 N–H and O–H groups in total. The van der Waals surface area contributed by atoms with E-state index < -0.39 is 0 Å². The molecule has 0 spiro atoms. The largest absolute Gasteiger partial charge is 0.361 e. The lowest BCUT2D eigenvalue weighted by atomic mass is 9.59. The Bertz CT molecular complexity index is 352. The smallest absolute Gasteiger partial charge is 0.112 e. The molecule has 82 valence electrons. The SMILES string of the molecule is Cc1cc(N2C[C@@H]3C(C)[C@H](C2)C3N)sn1. The van der Waals surface area contributed by atoms with Gasteiger partial charge in [-0.1, -0.05) is 6.92 Å². The van der Waals surface area contributed by atoms with Crippen LogP contribution in [-0.4, -0.2) is 23.5 Å². The Morgan fingerprint density at radius 3 is 2.60 bits per heavy atom. The molecule has 1 aromatic rings. The number of fused-ring (bicyclic) bond motifs is 2. The summed E-state index contributed by atoms with van der Waals surface area (Å²) in [4.78, 5) is 2.46. The molecule has 1 aliphatic carbocycles. The number of hydrogen-bond acceptors (Lipinski definition) is 4. The van der Waals surface area contributed by atoms with Gasteiger partial charge >= 0.3 is 0 Å². The van der Waals surface area contributed by atoms with Crippen LogP contribution >= 0.6 is 11.5 Å². The van der Waals surface area contributed by atoms with Crippen LogP contribution in [-0.2, 0) is 0 Å². The quantitative estimate of drug-likeness (QED) is 0.784. The molecule has 2 saturated heterocycles. The summed E-state index contributed by atoms with van der Waals surface area (Å²) >= 11 is 1.62. The van der Waals surface area contributed by atoms with Gasteiger partial charge in [-0.25, -0.2) is 0 Å². The lowest BCUT2D eigenvalue weighted by Gasteiger charge is -2.57. The van der Waals surface area contributed by atoms with Crippen molar-refractivity contribution in [3.05, 3.63) is 11.8 Å². The lowest BCUT2D eigenvalue weighted by Crippen LogP contribution is -2.67. The molecule has 1 aromatic heterocycles. The normalized spacial score (nSPS) is 39.0. The Morgan fingerprint density at radius 1 is 1.47 bits per heavy atom. The average Bonchev–Trinajstić information content (AvgIpc) is 2.67. The first-order valence-corrected chi connectivity index (χ1v) is 6.38. The molecule has 2 unspecified atom stereocenters. The number of hydrogen-bond donors (Lipinski definition) is 1. The molecule has 4 rings (SSSR count). The van der Waals surface area contributed by atoms with Gasteiger partial charge in [0.15, 0.2) is 0 Å². The first-order valence-electron chi connectivity index (χ1n) is 5.60. The topological polar surface area (TPSA) is 42.1 Å². The lowest BCUT2D eigenvalue weighted by molar-refractivity contribution is 0.0300. The van der Waals surface area contributed by atoms with Crippen molar-refractivity contribution in [3.63, 3.8) is 0 Å². The fraction of sp³-hybridized carbons (Fsp3) is 0.727. The van der Waals surface area contributed by atoms with Crippen molar-refractivity contribution < 1.29 is 0 Å². The van der Waals surface area contributed by atoms with Crippen LogP contribution in [0.15, 0.2) is 6.07 Å². The van der Waals surface area contributed by atoms with Crippen LogP contribution < -0.4 is 10.6 Å². The summed E-state index contributed by atoms with van der Waals surface area (Å²) < 4.78 is 4.34. The van der Waals surface area contributed by atoms with Gasteiger partial charge in [-0.2, -0.15) is 4.37 Å². The van der Waals surface area contributed by atoms with E-state index in [2.05, 4.69) is 29.2 Å². The van der Waals surface area contributed by atoms with Gasteiger partial charge in [-0.05, 0) is 42.3 Å². The molecule has 4 heteroatoms. The summed E-state index contributed by atoms with van der Waals surface area (Å²) in [7, 11) is 0.